The van der Waals surface area contributed by atoms with Gasteiger partial charge in [-0.3, -0.25) is 4.79 Å². The van der Waals surface area contributed by atoms with E-state index >= 15 is 0 Å². The molecule has 0 saturated heterocycles. The Morgan fingerprint density at radius 3 is 2.60 bits per heavy atom. The topological polar surface area (TPSA) is 35.6 Å². The fraction of sp³-hybridized carbons (Fsp3) is 0.167. The lowest BCUT2D eigenvalue weighted by Gasteiger charge is -2.15. The summed E-state index contributed by atoms with van der Waals surface area (Å²) < 4.78 is 8.74. The summed E-state index contributed by atoms with van der Waals surface area (Å²) in [5, 5.41) is 3.26. The Bertz CT molecular complexity index is 1380. The SMILES string of the molecule is [C-]#[N+]C1(c2ccc(Oc3ccc(Cl)cc3)c(-c3cn(C)c(=O)c4ccsc34)c2)CC1. The lowest BCUT2D eigenvalue weighted by molar-refractivity contribution is 0.484. The van der Waals surface area contributed by atoms with E-state index in [1.165, 1.54) is 11.3 Å². The lowest BCUT2D eigenvalue weighted by Crippen LogP contribution is -2.15. The number of hydrogen-bond acceptors (Lipinski definition) is 3. The highest BCUT2D eigenvalue weighted by atomic mass is 35.5. The Hall–Kier alpha value is -3.07. The van der Waals surface area contributed by atoms with E-state index in [0.29, 0.717) is 21.9 Å². The van der Waals surface area contributed by atoms with Crippen molar-refractivity contribution >= 4 is 33.0 Å². The van der Waals surface area contributed by atoms with Crippen LogP contribution in [0.2, 0.25) is 5.02 Å². The number of pyridine rings is 1. The monoisotopic (exact) mass is 432 g/mol. The zero-order valence-electron chi connectivity index (χ0n) is 16.2. The van der Waals surface area contributed by atoms with E-state index in [0.717, 1.165) is 34.2 Å². The third-order valence-electron chi connectivity index (χ3n) is 5.57. The van der Waals surface area contributed by atoms with Gasteiger partial charge < -0.3 is 14.1 Å². The Balaban J connectivity index is 1.72. The first-order valence-electron chi connectivity index (χ1n) is 9.54. The van der Waals surface area contributed by atoms with E-state index < -0.39 is 5.54 Å². The minimum Gasteiger partial charge on any atom is -0.457 e. The summed E-state index contributed by atoms with van der Waals surface area (Å²) in [6.07, 6.45) is 3.59. The van der Waals surface area contributed by atoms with Gasteiger partial charge in [0.25, 0.3) is 11.1 Å². The number of benzene rings is 2. The zero-order chi connectivity index (χ0) is 20.9. The van der Waals surface area contributed by atoms with E-state index in [4.69, 9.17) is 22.9 Å². The average molecular weight is 433 g/mol. The van der Waals surface area contributed by atoms with Crippen LogP contribution in [0.5, 0.6) is 11.5 Å². The molecule has 0 aliphatic heterocycles. The molecule has 0 bridgehead atoms. The number of fused-ring (bicyclic) bond motifs is 1. The van der Waals surface area contributed by atoms with Gasteiger partial charge in [-0.15, -0.1) is 11.3 Å². The van der Waals surface area contributed by atoms with Gasteiger partial charge in [-0.2, -0.15) is 0 Å². The van der Waals surface area contributed by atoms with Crippen LogP contribution in [-0.2, 0) is 12.6 Å². The summed E-state index contributed by atoms with van der Waals surface area (Å²) in [7, 11) is 1.76. The molecular formula is C24H17ClN2O2S. The lowest BCUT2D eigenvalue weighted by atomic mass is 9.97. The Morgan fingerprint density at radius 2 is 1.90 bits per heavy atom. The zero-order valence-corrected chi connectivity index (χ0v) is 17.8. The van der Waals surface area contributed by atoms with Crippen molar-refractivity contribution in [3.8, 4) is 22.6 Å². The minimum atomic E-state index is -0.428. The molecule has 0 N–H and O–H groups in total. The number of hydrogen-bond donors (Lipinski definition) is 0. The van der Waals surface area contributed by atoms with Crippen LogP contribution in [0.1, 0.15) is 18.4 Å². The number of ether oxygens (including phenoxy) is 1. The second-order valence-electron chi connectivity index (χ2n) is 7.53. The van der Waals surface area contributed by atoms with Crippen LogP contribution in [0.15, 0.2) is 64.9 Å². The van der Waals surface area contributed by atoms with Gasteiger partial charge in [0, 0.05) is 52.5 Å². The number of halogens is 1. The molecule has 0 spiro atoms. The van der Waals surface area contributed by atoms with E-state index in [9.17, 15) is 4.79 Å². The minimum absolute atomic E-state index is 0.0221. The molecule has 0 unspecified atom stereocenters. The quantitative estimate of drug-likeness (QED) is 0.339. The van der Waals surface area contributed by atoms with Gasteiger partial charge in [-0.25, -0.2) is 6.57 Å². The molecule has 4 nitrogen and oxygen atoms in total. The third kappa shape index (κ3) is 3.09. The summed E-state index contributed by atoms with van der Waals surface area (Å²) in [6, 6.07) is 15.0. The summed E-state index contributed by atoms with van der Waals surface area (Å²) in [5.74, 6) is 1.35. The van der Waals surface area contributed by atoms with Crippen molar-refractivity contribution in [1.29, 1.82) is 0 Å². The van der Waals surface area contributed by atoms with Gasteiger partial charge in [0.2, 0.25) is 0 Å². The average Bonchev–Trinajstić information content (AvgIpc) is 3.40. The molecule has 1 fully saturated rings. The highest BCUT2D eigenvalue weighted by molar-refractivity contribution is 7.17. The highest BCUT2D eigenvalue weighted by Crippen LogP contribution is 2.51. The number of nitrogens with zero attached hydrogens (tertiary/aromatic N) is 2. The molecule has 4 aromatic rings. The van der Waals surface area contributed by atoms with Crippen LogP contribution in [0.3, 0.4) is 0 Å². The first-order valence-corrected chi connectivity index (χ1v) is 10.8. The smallest absolute Gasteiger partial charge is 0.259 e. The van der Waals surface area contributed by atoms with Crippen molar-refractivity contribution in [1.82, 2.24) is 4.57 Å². The van der Waals surface area contributed by atoms with Crippen molar-refractivity contribution in [3.05, 3.63) is 92.5 Å². The van der Waals surface area contributed by atoms with Gasteiger partial charge in [-0.05, 0) is 53.9 Å². The van der Waals surface area contributed by atoms with E-state index in [-0.39, 0.29) is 5.56 Å². The van der Waals surface area contributed by atoms with Crippen molar-refractivity contribution < 1.29 is 4.74 Å². The Labute approximate surface area is 182 Å². The molecule has 2 heterocycles. The molecule has 148 valence electrons. The summed E-state index contributed by atoms with van der Waals surface area (Å²) in [5.41, 5.74) is 2.35. The predicted octanol–water partition coefficient (Wildman–Crippen LogP) is 6.62. The van der Waals surface area contributed by atoms with Crippen molar-refractivity contribution in [2.24, 2.45) is 7.05 Å². The third-order valence-corrected chi connectivity index (χ3v) is 6.77. The summed E-state index contributed by atoms with van der Waals surface area (Å²) >= 11 is 7.54. The van der Waals surface area contributed by atoms with Gasteiger partial charge in [0.15, 0.2) is 0 Å². The van der Waals surface area contributed by atoms with Gasteiger partial charge in [0.1, 0.15) is 11.5 Å². The molecule has 0 amide bonds. The highest BCUT2D eigenvalue weighted by Gasteiger charge is 2.52. The van der Waals surface area contributed by atoms with Crippen LogP contribution in [0.25, 0.3) is 26.1 Å². The maximum Gasteiger partial charge on any atom is 0.259 e. The second-order valence-corrected chi connectivity index (χ2v) is 8.89. The van der Waals surface area contributed by atoms with Gasteiger partial charge in [0.05, 0.1) is 5.39 Å². The predicted molar refractivity (Wildman–Crippen MR) is 122 cm³/mol. The molecule has 5 rings (SSSR count). The molecule has 30 heavy (non-hydrogen) atoms. The van der Waals surface area contributed by atoms with Crippen LogP contribution < -0.4 is 10.3 Å². The van der Waals surface area contributed by atoms with Crippen LogP contribution in [-0.4, -0.2) is 4.57 Å². The Kier molecular flexibility index (Phi) is 4.43. The van der Waals surface area contributed by atoms with Crippen molar-refractivity contribution in [2.45, 2.75) is 18.4 Å². The first kappa shape index (κ1) is 18.9. The van der Waals surface area contributed by atoms with Gasteiger partial charge in [-0.1, -0.05) is 11.6 Å². The van der Waals surface area contributed by atoms with E-state index in [1.54, 1.807) is 23.7 Å². The fourth-order valence-corrected chi connectivity index (χ4v) is 4.75. The van der Waals surface area contributed by atoms with E-state index in [1.807, 2.05) is 41.9 Å². The standard InChI is InChI=1S/C24H17ClN2O2S/c1-26-24(10-11-24)15-3-8-21(29-17-6-4-16(25)5-7-17)19(13-15)20-14-27(2)23(28)18-9-12-30-22(18)20/h3-9,12-14H,10-11H2,2H3. The maximum atomic E-state index is 12.5. The van der Waals surface area contributed by atoms with Crippen molar-refractivity contribution in [2.75, 3.05) is 0 Å². The molecule has 1 aliphatic rings. The van der Waals surface area contributed by atoms with Crippen molar-refractivity contribution in [3.63, 3.8) is 0 Å². The summed E-state index contributed by atoms with van der Waals surface area (Å²) in [4.78, 5) is 16.4. The molecule has 1 saturated carbocycles. The number of aromatic nitrogens is 1. The van der Waals surface area contributed by atoms with E-state index in [2.05, 4.69) is 10.9 Å². The number of thiophene rings is 1. The summed E-state index contributed by atoms with van der Waals surface area (Å²) in [6.45, 7) is 7.64. The largest absolute Gasteiger partial charge is 0.457 e. The maximum absolute atomic E-state index is 12.5. The second kappa shape index (κ2) is 7.02. The number of aryl methyl sites for hydroxylation is 1. The molecule has 6 heteroatoms. The molecule has 1 aliphatic carbocycles. The van der Waals surface area contributed by atoms with Crippen LogP contribution in [0, 0.1) is 6.57 Å². The molecule has 0 radical (unpaired) electrons. The van der Waals surface area contributed by atoms with Crippen LogP contribution in [0.4, 0.5) is 0 Å². The molecule has 0 atom stereocenters. The fourth-order valence-electron chi connectivity index (χ4n) is 3.71. The van der Waals surface area contributed by atoms with Crippen LogP contribution >= 0.6 is 22.9 Å². The first-order chi connectivity index (χ1) is 14.5. The molecule has 2 aromatic heterocycles. The molecular weight excluding hydrogens is 416 g/mol. The Morgan fingerprint density at radius 1 is 1.13 bits per heavy atom. The number of rotatable bonds is 4. The molecule has 2 aromatic carbocycles. The normalized spacial score (nSPS) is 14.4. The van der Waals surface area contributed by atoms with Gasteiger partial charge >= 0.3 is 0 Å².